The minimum atomic E-state index is -0.503. The van der Waals surface area contributed by atoms with Crippen molar-refractivity contribution in [3.63, 3.8) is 0 Å². The molecule has 0 aliphatic carbocycles. The zero-order valence-electron chi connectivity index (χ0n) is 8.30. The van der Waals surface area contributed by atoms with Crippen LogP contribution in [0.3, 0.4) is 0 Å². The highest BCUT2D eigenvalue weighted by molar-refractivity contribution is 6.30. The number of piperidine rings is 1. The fraction of sp³-hybridized carbons (Fsp3) is 0.273. The van der Waals surface area contributed by atoms with Crippen LogP contribution in [0.1, 0.15) is 24.3 Å². The lowest BCUT2D eigenvalue weighted by Gasteiger charge is -2.21. The molecule has 1 fully saturated rings. The van der Waals surface area contributed by atoms with Gasteiger partial charge in [0.15, 0.2) is 0 Å². The van der Waals surface area contributed by atoms with E-state index in [1.165, 1.54) is 12.1 Å². The highest BCUT2D eigenvalue weighted by atomic mass is 35.5. The standard InChI is InChI=1S/C11H9ClFNO2/c12-8-3-6(1-2-9(8)13)7-4-10(15)14-11(16)5-7/h1-3,7H,4-5H2,(H,14,15,16). The molecule has 2 rings (SSSR count). The maximum Gasteiger partial charge on any atom is 0.227 e. The smallest absolute Gasteiger partial charge is 0.227 e. The largest absolute Gasteiger partial charge is 0.296 e. The van der Waals surface area contributed by atoms with Crippen molar-refractivity contribution in [1.29, 1.82) is 0 Å². The quantitative estimate of drug-likeness (QED) is 0.765. The molecule has 3 nitrogen and oxygen atoms in total. The molecule has 0 radical (unpaired) electrons. The molecule has 1 aliphatic heterocycles. The number of amides is 2. The molecule has 0 spiro atoms. The Bertz CT molecular complexity index is 445. The molecule has 1 aromatic carbocycles. The normalized spacial score (nSPS) is 17.4. The molecule has 2 amide bonds. The minimum absolute atomic E-state index is 0.0101. The average molecular weight is 242 g/mol. The molecule has 16 heavy (non-hydrogen) atoms. The van der Waals surface area contributed by atoms with Gasteiger partial charge in [-0.3, -0.25) is 14.9 Å². The Morgan fingerprint density at radius 2 is 1.88 bits per heavy atom. The zero-order chi connectivity index (χ0) is 11.7. The lowest BCUT2D eigenvalue weighted by Crippen LogP contribution is -2.37. The monoisotopic (exact) mass is 241 g/mol. The molecule has 0 unspecified atom stereocenters. The Hall–Kier alpha value is -1.42. The third-order valence-corrected chi connectivity index (χ3v) is 2.85. The van der Waals surface area contributed by atoms with E-state index >= 15 is 0 Å². The Balaban J connectivity index is 2.26. The van der Waals surface area contributed by atoms with E-state index < -0.39 is 5.82 Å². The van der Waals surface area contributed by atoms with Crippen LogP contribution in [0.5, 0.6) is 0 Å². The van der Waals surface area contributed by atoms with Gasteiger partial charge in [0.05, 0.1) is 5.02 Å². The van der Waals surface area contributed by atoms with Crippen LogP contribution < -0.4 is 5.32 Å². The van der Waals surface area contributed by atoms with Gasteiger partial charge >= 0.3 is 0 Å². The maximum atomic E-state index is 12.9. The first-order chi connectivity index (χ1) is 7.56. The molecule has 84 valence electrons. The zero-order valence-corrected chi connectivity index (χ0v) is 9.05. The summed E-state index contributed by atoms with van der Waals surface area (Å²) in [6, 6.07) is 4.26. The van der Waals surface area contributed by atoms with Gasteiger partial charge in [0, 0.05) is 18.8 Å². The Labute approximate surface area is 96.6 Å². The van der Waals surface area contributed by atoms with Gasteiger partial charge in [0.1, 0.15) is 5.82 Å². The van der Waals surface area contributed by atoms with E-state index in [1.807, 2.05) is 0 Å². The summed E-state index contributed by atoms with van der Waals surface area (Å²) in [4.78, 5) is 22.3. The third-order valence-electron chi connectivity index (χ3n) is 2.56. The number of carbonyl (C=O) groups is 2. The van der Waals surface area contributed by atoms with E-state index in [0.29, 0.717) is 0 Å². The summed E-state index contributed by atoms with van der Waals surface area (Å²) in [5, 5.41) is 2.23. The van der Waals surface area contributed by atoms with Gasteiger partial charge in [-0.15, -0.1) is 0 Å². The Morgan fingerprint density at radius 1 is 1.25 bits per heavy atom. The lowest BCUT2D eigenvalue weighted by atomic mass is 9.89. The topological polar surface area (TPSA) is 46.2 Å². The summed E-state index contributed by atoms with van der Waals surface area (Å²) < 4.78 is 12.9. The summed E-state index contributed by atoms with van der Waals surface area (Å²) >= 11 is 5.65. The van der Waals surface area contributed by atoms with Crippen LogP contribution in [0.15, 0.2) is 18.2 Å². The van der Waals surface area contributed by atoms with E-state index in [4.69, 9.17) is 11.6 Å². The van der Waals surface area contributed by atoms with Crippen molar-refractivity contribution in [1.82, 2.24) is 5.32 Å². The summed E-state index contributed by atoms with van der Waals surface area (Å²) in [7, 11) is 0. The van der Waals surface area contributed by atoms with Crippen molar-refractivity contribution in [2.24, 2.45) is 0 Å². The number of hydrogen-bond donors (Lipinski definition) is 1. The summed E-state index contributed by atoms with van der Waals surface area (Å²) in [5.74, 6) is -1.32. The molecule has 1 aromatic rings. The fourth-order valence-corrected chi connectivity index (χ4v) is 1.97. The maximum absolute atomic E-state index is 12.9. The SMILES string of the molecule is O=C1CC(c2ccc(F)c(Cl)c2)CC(=O)N1. The first-order valence-electron chi connectivity index (χ1n) is 4.84. The highest BCUT2D eigenvalue weighted by Gasteiger charge is 2.26. The fourth-order valence-electron chi connectivity index (χ4n) is 1.78. The molecule has 1 N–H and O–H groups in total. The number of imide groups is 1. The van der Waals surface area contributed by atoms with Crippen molar-refractivity contribution in [2.45, 2.75) is 18.8 Å². The molecule has 1 saturated heterocycles. The molecule has 0 atom stereocenters. The van der Waals surface area contributed by atoms with Crippen LogP contribution in [0, 0.1) is 5.82 Å². The van der Waals surface area contributed by atoms with Crippen LogP contribution in [-0.2, 0) is 9.59 Å². The molecule has 5 heteroatoms. The molecular weight excluding hydrogens is 233 g/mol. The van der Waals surface area contributed by atoms with Crippen LogP contribution >= 0.6 is 11.6 Å². The van der Waals surface area contributed by atoms with Gasteiger partial charge in [0.25, 0.3) is 0 Å². The van der Waals surface area contributed by atoms with Gasteiger partial charge < -0.3 is 0 Å². The van der Waals surface area contributed by atoms with Gasteiger partial charge in [-0.05, 0) is 17.7 Å². The Kier molecular flexibility index (Phi) is 2.92. The van der Waals surface area contributed by atoms with Crippen molar-refractivity contribution < 1.29 is 14.0 Å². The number of rotatable bonds is 1. The van der Waals surface area contributed by atoms with Gasteiger partial charge in [-0.1, -0.05) is 17.7 Å². The second kappa shape index (κ2) is 4.22. The van der Waals surface area contributed by atoms with Crippen molar-refractivity contribution >= 4 is 23.4 Å². The van der Waals surface area contributed by atoms with Crippen LogP contribution in [0.2, 0.25) is 5.02 Å². The lowest BCUT2D eigenvalue weighted by molar-refractivity contribution is -0.133. The molecule has 0 aromatic heterocycles. The first-order valence-corrected chi connectivity index (χ1v) is 5.21. The van der Waals surface area contributed by atoms with E-state index in [2.05, 4.69) is 5.32 Å². The van der Waals surface area contributed by atoms with Crippen LogP contribution in [-0.4, -0.2) is 11.8 Å². The van der Waals surface area contributed by atoms with Gasteiger partial charge in [0.2, 0.25) is 11.8 Å². The van der Waals surface area contributed by atoms with Gasteiger partial charge in [-0.2, -0.15) is 0 Å². The molecular formula is C11H9ClFNO2. The summed E-state index contributed by atoms with van der Waals surface area (Å²) in [6.07, 6.45) is 0.460. The van der Waals surface area contributed by atoms with E-state index in [-0.39, 0.29) is 35.6 Å². The number of hydrogen-bond acceptors (Lipinski definition) is 2. The van der Waals surface area contributed by atoms with Crippen molar-refractivity contribution in [3.8, 4) is 0 Å². The van der Waals surface area contributed by atoms with Crippen LogP contribution in [0.25, 0.3) is 0 Å². The van der Waals surface area contributed by atoms with E-state index in [0.717, 1.165) is 5.56 Å². The summed E-state index contributed by atoms with van der Waals surface area (Å²) in [5.41, 5.74) is 0.717. The Morgan fingerprint density at radius 3 is 2.44 bits per heavy atom. The number of halogens is 2. The molecule has 0 bridgehead atoms. The highest BCUT2D eigenvalue weighted by Crippen LogP contribution is 2.28. The number of benzene rings is 1. The summed E-state index contributed by atoms with van der Waals surface area (Å²) in [6.45, 7) is 0. The van der Waals surface area contributed by atoms with E-state index in [1.54, 1.807) is 6.07 Å². The molecule has 0 saturated carbocycles. The van der Waals surface area contributed by atoms with E-state index in [9.17, 15) is 14.0 Å². The predicted molar refractivity (Wildman–Crippen MR) is 56.5 cm³/mol. The minimum Gasteiger partial charge on any atom is -0.296 e. The second-order valence-corrected chi connectivity index (χ2v) is 4.16. The second-order valence-electron chi connectivity index (χ2n) is 3.75. The van der Waals surface area contributed by atoms with Crippen molar-refractivity contribution in [2.75, 3.05) is 0 Å². The number of carbonyl (C=O) groups excluding carboxylic acids is 2. The number of nitrogens with one attached hydrogen (secondary N) is 1. The third kappa shape index (κ3) is 2.22. The molecule has 1 heterocycles. The first kappa shape index (κ1) is 11.1. The van der Waals surface area contributed by atoms with Gasteiger partial charge in [-0.25, -0.2) is 4.39 Å². The molecule has 1 aliphatic rings. The average Bonchev–Trinajstić information content (AvgIpc) is 2.20. The van der Waals surface area contributed by atoms with Crippen LogP contribution in [0.4, 0.5) is 4.39 Å². The van der Waals surface area contributed by atoms with Crippen molar-refractivity contribution in [3.05, 3.63) is 34.6 Å². The predicted octanol–water partition coefficient (Wildman–Crippen LogP) is 2.00.